The maximum Gasteiger partial charge on any atom is 0.246 e. The fraction of sp³-hybridized carbons (Fsp3) is 0.333. The number of fused-ring (bicyclic) bond motifs is 1. The zero-order chi connectivity index (χ0) is 15.4. The SMILES string of the molecule is CC=CC=CC(=O)N1CCCC(c2nc3ccccc3s2)C1. The molecule has 1 amide bonds. The van der Waals surface area contributed by atoms with Crippen LogP contribution in [0.1, 0.15) is 30.7 Å². The van der Waals surface area contributed by atoms with Gasteiger partial charge in [-0.1, -0.05) is 30.4 Å². The predicted molar refractivity (Wildman–Crippen MR) is 92.1 cm³/mol. The highest BCUT2D eigenvalue weighted by atomic mass is 32.1. The lowest BCUT2D eigenvalue weighted by Gasteiger charge is -2.31. The molecule has 0 bridgehead atoms. The van der Waals surface area contributed by atoms with Crippen LogP contribution in [0.2, 0.25) is 0 Å². The molecular formula is C18H20N2OS. The highest BCUT2D eigenvalue weighted by molar-refractivity contribution is 7.18. The van der Waals surface area contributed by atoms with E-state index in [0.717, 1.165) is 36.5 Å². The van der Waals surface area contributed by atoms with E-state index < -0.39 is 0 Å². The zero-order valence-electron chi connectivity index (χ0n) is 12.7. The molecule has 1 aromatic heterocycles. The monoisotopic (exact) mass is 312 g/mol. The zero-order valence-corrected chi connectivity index (χ0v) is 13.6. The van der Waals surface area contributed by atoms with Gasteiger partial charge in [-0.2, -0.15) is 0 Å². The van der Waals surface area contributed by atoms with E-state index in [9.17, 15) is 4.79 Å². The van der Waals surface area contributed by atoms with E-state index in [1.165, 1.54) is 4.70 Å². The average molecular weight is 312 g/mol. The van der Waals surface area contributed by atoms with Crippen LogP contribution in [0.3, 0.4) is 0 Å². The van der Waals surface area contributed by atoms with Crippen molar-refractivity contribution in [3.63, 3.8) is 0 Å². The maximum atomic E-state index is 12.2. The molecule has 1 fully saturated rings. The molecule has 2 aromatic rings. The van der Waals surface area contributed by atoms with Gasteiger partial charge in [0.05, 0.1) is 15.2 Å². The highest BCUT2D eigenvalue weighted by Crippen LogP contribution is 2.32. The number of piperidine rings is 1. The summed E-state index contributed by atoms with van der Waals surface area (Å²) in [5.41, 5.74) is 1.07. The van der Waals surface area contributed by atoms with Crippen LogP contribution in [0.4, 0.5) is 0 Å². The van der Waals surface area contributed by atoms with E-state index in [-0.39, 0.29) is 5.91 Å². The van der Waals surface area contributed by atoms with Gasteiger partial charge < -0.3 is 4.90 Å². The van der Waals surface area contributed by atoms with Crippen molar-refractivity contribution in [1.82, 2.24) is 9.88 Å². The van der Waals surface area contributed by atoms with E-state index >= 15 is 0 Å². The van der Waals surface area contributed by atoms with Crippen LogP contribution in [-0.4, -0.2) is 28.9 Å². The maximum absolute atomic E-state index is 12.2. The van der Waals surface area contributed by atoms with Crippen LogP contribution < -0.4 is 0 Å². The van der Waals surface area contributed by atoms with Gasteiger partial charge in [-0.3, -0.25) is 4.79 Å². The molecule has 0 saturated carbocycles. The first-order valence-electron chi connectivity index (χ1n) is 7.71. The second-order valence-electron chi connectivity index (χ2n) is 5.53. The number of carbonyl (C=O) groups is 1. The summed E-state index contributed by atoms with van der Waals surface area (Å²) in [6.07, 6.45) is 9.42. The summed E-state index contributed by atoms with van der Waals surface area (Å²) >= 11 is 1.76. The number of thiazole rings is 1. The molecule has 0 radical (unpaired) electrons. The number of allylic oxidation sites excluding steroid dienone is 3. The number of benzene rings is 1. The van der Waals surface area contributed by atoms with E-state index in [2.05, 4.69) is 12.1 Å². The van der Waals surface area contributed by atoms with Crippen molar-refractivity contribution in [2.24, 2.45) is 0 Å². The van der Waals surface area contributed by atoms with Crippen LogP contribution in [0, 0.1) is 0 Å². The van der Waals surface area contributed by atoms with Gasteiger partial charge in [0.15, 0.2) is 0 Å². The molecule has 114 valence electrons. The summed E-state index contributed by atoms with van der Waals surface area (Å²) in [6.45, 7) is 3.57. The second-order valence-corrected chi connectivity index (χ2v) is 6.59. The molecule has 3 nitrogen and oxygen atoms in total. The standard InChI is InChI=1S/C18H20N2OS/c1-2-3-4-11-17(21)20-12-7-8-14(13-20)18-19-15-9-5-6-10-16(15)22-18/h2-6,9-11,14H,7-8,12-13H2,1H3. The third-order valence-electron chi connectivity index (χ3n) is 3.94. The summed E-state index contributed by atoms with van der Waals surface area (Å²) in [7, 11) is 0. The molecular weight excluding hydrogens is 292 g/mol. The Kier molecular flexibility index (Phi) is 4.68. The van der Waals surface area contributed by atoms with E-state index in [1.54, 1.807) is 17.4 Å². The van der Waals surface area contributed by atoms with Crippen molar-refractivity contribution in [2.45, 2.75) is 25.7 Å². The number of likely N-dealkylation sites (tertiary alicyclic amines) is 1. The van der Waals surface area contributed by atoms with Crippen molar-refractivity contribution in [3.8, 4) is 0 Å². The van der Waals surface area contributed by atoms with Crippen LogP contribution >= 0.6 is 11.3 Å². The molecule has 22 heavy (non-hydrogen) atoms. The van der Waals surface area contributed by atoms with E-state index in [0.29, 0.717) is 5.92 Å². The molecule has 3 rings (SSSR count). The molecule has 1 atom stereocenters. The number of rotatable bonds is 3. The lowest BCUT2D eigenvalue weighted by Crippen LogP contribution is -2.38. The average Bonchev–Trinajstić information content (AvgIpc) is 2.99. The fourth-order valence-corrected chi connectivity index (χ4v) is 3.89. The number of carbonyl (C=O) groups excluding carboxylic acids is 1. The van der Waals surface area contributed by atoms with Crippen LogP contribution in [0.15, 0.2) is 48.6 Å². The minimum Gasteiger partial charge on any atom is -0.338 e. The van der Waals surface area contributed by atoms with Gasteiger partial charge in [-0.25, -0.2) is 4.98 Å². The summed E-state index contributed by atoms with van der Waals surface area (Å²) in [4.78, 5) is 18.9. The van der Waals surface area contributed by atoms with Gasteiger partial charge in [-0.05, 0) is 31.9 Å². The van der Waals surface area contributed by atoms with E-state index in [4.69, 9.17) is 4.98 Å². The van der Waals surface area contributed by atoms with Gasteiger partial charge in [0.25, 0.3) is 0 Å². The van der Waals surface area contributed by atoms with Crippen molar-refractivity contribution in [1.29, 1.82) is 0 Å². The van der Waals surface area contributed by atoms with Crippen molar-refractivity contribution in [2.75, 3.05) is 13.1 Å². The minimum atomic E-state index is 0.101. The van der Waals surface area contributed by atoms with Crippen molar-refractivity contribution >= 4 is 27.5 Å². The normalized spacial score (nSPS) is 19.5. The Bertz CT molecular complexity index is 684. The number of aromatic nitrogens is 1. The lowest BCUT2D eigenvalue weighted by molar-refractivity contribution is -0.127. The largest absolute Gasteiger partial charge is 0.338 e. The predicted octanol–water partition coefficient (Wildman–Crippen LogP) is 4.13. The topological polar surface area (TPSA) is 33.2 Å². The van der Waals surface area contributed by atoms with Gasteiger partial charge in [0.2, 0.25) is 5.91 Å². The Hall–Kier alpha value is -1.94. The van der Waals surface area contributed by atoms with Gasteiger partial charge in [0, 0.05) is 25.1 Å². The van der Waals surface area contributed by atoms with Crippen LogP contribution in [0.5, 0.6) is 0 Å². The molecule has 0 spiro atoms. The van der Waals surface area contributed by atoms with Crippen LogP contribution in [0.25, 0.3) is 10.2 Å². The molecule has 1 aliphatic rings. The summed E-state index contributed by atoms with van der Waals surface area (Å²) in [5, 5.41) is 1.16. The van der Waals surface area contributed by atoms with Crippen molar-refractivity contribution < 1.29 is 4.79 Å². The lowest BCUT2D eigenvalue weighted by atomic mass is 9.98. The van der Waals surface area contributed by atoms with Gasteiger partial charge in [0.1, 0.15) is 0 Å². The smallest absolute Gasteiger partial charge is 0.246 e. The third-order valence-corrected chi connectivity index (χ3v) is 5.13. The van der Waals surface area contributed by atoms with Crippen molar-refractivity contribution in [3.05, 3.63) is 53.6 Å². The molecule has 0 N–H and O–H groups in total. The Balaban J connectivity index is 1.73. The molecule has 1 unspecified atom stereocenters. The molecule has 1 saturated heterocycles. The van der Waals surface area contributed by atoms with E-state index in [1.807, 2.05) is 42.2 Å². The number of amides is 1. The quantitative estimate of drug-likeness (QED) is 0.630. The third kappa shape index (κ3) is 3.28. The number of hydrogen-bond donors (Lipinski definition) is 0. The summed E-state index contributed by atoms with van der Waals surface area (Å²) in [5.74, 6) is 0.467. The molecule has 1 aromatic carbocycles. The first-order chi connectivity index (χ1) is 10.8. The molecule has 2 heterocycles. The highest BCUT2D eigenvalue weighted by Gasteiger charge is 2.25. The molecule has 1 aliphatic heterocycles. The first-order valence-corrected chi connectivity index (χ1v) is 8.53. The Labute approximate surface area is 135 Å². The Morgan fingerprint density at radius 2 is 2.23 bits per heavy atom. The fourth-order valence-electron chi connectivity index (χ4n) is 2.80. The Morgan fingerprint density at radius 3 is 3.05 bits per heavy atom. The summed E-state index contributed by atoms with van der Waals surface area (Å²) in [6, 6.07) is 8.24. The van der Waals surface area contributed by atoms with Gasteiger partial charge >= 0.3 is 0 Å². The summed E-state index contributed by atoms with van der Waals surface area (Å²) < 4.78 is 1.23. The first kappa shape index (κ1) is 15.0. The number of para-hydroxylation sites is 1. The Morgan fingerprint density at radius 1 is 1.36 bits per heavy atom. The molecule has 4 heteroatoms. The van der Waals surface area contributed by atoms with Gasteiger partial charge in [-0.15, -0.1) is 11.3 Å². The number of hydrogen-bond acceptors (Lipinski definition) is 3. The number of nitrogens with zero attached hydrogens (tertiary/aromatic N) is 2. The molecule has 0 aliphatic carbocycles. The second kappa shape index (κ2) is 6.88. The van der Waals surface area contributed by atoms with Crippen LogP contribution in [-0.2, 0) is 4.79 Å². The minimum absolute atomic E-state index is 0.101.